The van der Waals surface area contributed by atoms with Crippen molar-refractivity contribution in [2.24, 2.45) is 0 Å². The molecule has 0 spiro atoms. The Labute approximate surface area is 59.5 Å². The van der Waals surface area contributed by atoms with Gasteiger partial charge in [-0.2, -0.15) is 0 Å². The van der Waals surface area contributed by atoms with Gasteiger partial charge >= 0.3 is 0 Å². The highest BCUT2D eigenvalue weighted by atomic mass is 32.2. The molecule has 0 aliphatic carbocycles. The first kappa shape index (κ1) is 7.94. The molecular weight excluding hydrogens is 157 g/mol. The van der Waals surface area contributed by atoms with Crippen molar-refractivity contribution in [3.05, 3.63) is 0 Å². The van der Waals surface area contributed by atoms with Crippen LogP contribution in [0, 0.1) is 0 Å². The zero-order valence-corrected chi connectivity index (χ0v) is 6.54. The van der Waals surface area contributed by atoms with Crippen LogP contribution in [-0.4, -0.2) is 39.2 Å². The number of nitrogens with one attached hydrogen (secondary N) is 1. The smallest absolute Gasteiger partial charge is 0.150 e. The number of alkyl halides is 1. The predicted molar refractivity (Wildman–Crippen MR) is 36.4 cm³/mol. The minimum absolute atomic E-state index is 0.167. The Bertz CT molecular complexity index is 220. The summed E-state index contributed by atoms with van der Waals surface area (Å²) in [5, 5.41) is 2.68. The molecule has 0 atom stereocenters. The molecule has 0 aromatic heterocycles. The minimum Gasteiger partial charge on any atom is -0.310 e. The second-order valence-corrected chi connectivity index (χ2v) is 4.96. The molecular formula is C5H10FNO2S. The Morgan fingerprint density at radius 3 is 2.20 bits per heavy atom. The average Bonchev–Trinajstić information content (AvgIpc) is 1.57. The summed E-state index contributed by atoms with van der Waals surface area (Å²) in [5.74, 6) is -0.354. The van der Waals surface area contributed by atoms with Gasteiger partial charge in [0.2, 0.25) is 0 Å². The molecule has 3 nitrogen and oxygen atoms in total. The van der Waals surface area contributed by atoms with Crippen LogP contribution in [0.1, 0.15) is 0 Å². The summed E-state index contributed by atoms with van der Waals surface area (Å²) in [5.41, 5.74) is -1.49. The molecule has 0 radical (unpaired) electrons. The van der Waals surface area contributed by atoms with Gasteiger partial charge in [-0.25, -0.2) is 12.8 Å². The van der Waals surface area contributed by atoms with Crippen LogP contribution in [0.3, 0.4) is 0 Å². The van der Waals surface area contributed by atoms with Gasteiger partial charge in [-0.05, 0) is 0 Å². The molecule has 0 unspecified atom stereocenters. The quantitative estimate of drug-likeness (QED) is 0.594. The van der Waals surface area contributed by atoms with Crippen molar-refractivity contribution < 1.29 is 12.8 Å². The average molecular weight is 167 g/mol. The van der Waals surface area contributed by atoms with Crippen LogP contribution >= 0.6 is 0 Å². The molecule has 5 heteroatoms. The van der Waals surface area contributed by atoms with E-state index in [4.69, 9.17) is 0 Å². The Balaban J connectivity index is 2.53. The molecule has 1 rings (SSSR count). The lowest BCUT2D eigenvalue weighted by molar-refractivity contribution is 0.117. The van der Waals surface area contributed by atoms with E-state index in [0.717, 1.165) is 6.26 Å². The Morgan fingerprint density at radius 2 is 2.10 bits per heavy atom. The highest BCUT2D eigenvalue weighted by Crippen LogP contribution is 2.17. The summed E-state index contributed by atoms with van der Waals surface area (Å²) in [4.78, 5) is 0. The van der Waals surface area contributed by atoms with E-state index >= 15 is 0 Å². The fourth-order valence-corrected chi connectivity index (χ4v) is 2.11. The first-order chi connectivity index (χ1) is 4.41. The molecule has 10 heavy (non-hydrogen) atoms. The predicted octanol–water partition coefficient (Wildman–Crippen LogP) is -0.657. The molecule has 0 amide bonds. The van der Waals surface area contributed by atoms with Crippen molar-refractivity contribution in [2.75, 3.05) is 25.1 Å². The van der Waals surface area contributed by atoms with Gasteiger partial charge in [0.25, 0.3) is 0 Å². The zero-order valence-electron chi connectivity index (χ0n) is 5.72. The number of hydrogen-bond acceptors (Lipinski definition) is 3. The number of sulfone groups is 1. The lowest BCUT2D eigenvalue weighted by Gasteiger charge is -2.33. The van der Waals surface area contributed by atoms with Crippen molar-refractivity contribution in [2.45, 2.75) is 5.67 Å². The van der Waals surface area contributed by atoms with Crippen LogP contribution in [0.5, 0.6) is 0 Å². The molecule has 1 saturated heterocycles. The molecule has 1 aliphatic rings. The summed E-state index contributed by atoms with van der Waals surface area (Å²) in [6.45, 7) is 0.333. The van der Waals surface area contributed by atoms with Crippen LogP contribution in [0.25, 0.3) is 0 Å². The third-order valence-electron chi connectivity index (χ3n) is 1.40. The van der Waals surface area contributed by atoms with Gasteiger partial charge in [0, 0.05) is 19.3 Å². The first-order valence-corrected chi connectivity index (χ1v) is 5.05. The van der Waals surface area contributed by atoms with Gasteiger partial charge in [-0.15, -0.1) is 0 Å². The normalized spacial score (nSPS) is 23.8. The second kappa shape index (κ2) is 2.17. The Hall–Kier alpha value is -0.160. The van der Waals surface area contributed by atoms with Crippen LogP contribution in [0.15, 0.2) is 0 Å². The standard InChI is InChI=1S/C5H10FNO2S/c1-10(8,9)4-5(6)2-7-3-5/h7H,2-4H2,1H3. The summed E-state index contributed by atoms with van der Waals surface area (Å²) in [7, 11) is -3.16. The second-order valence-electron chi connectivity index (χ2n) is 2.82. The molecule has 1 aliphatic heterocycles. The Kier molecular flexibility index (Phi) is 1.72. The van der Waals surface area contributed by atoms with Crippen LogP contribution in [0.2, 0.25) is 0 Å². The number of hydrogen-bond donors (Lipinski definition) is 1. The van der Waals surface area contributed by atoms with Crippen molar-refractivity contribution in [1.29, 1.82) is 0 Å². The van der Waals surface area contributed by atoms with Crippen LogP contribution in [-0.2, 0) is 9.84 Å². The highest BCUT2D eigenvalue weighted by Gasteiger charge is 2.39. The lowest BCUT2D eigenvalue weighted by Crippen LogP contribution is -2.59. The van der Waals surface area contributed by atoms with E-state index in [9.17, 15) is 12.8 Å². The molecule has 60 valence electrons. The SMILES string of the molecule is CS(=O)(=O)CC1(F)CNC1. The van der Waals surface area contributed by atoms with Crippen molar-refractivity contribution >= 4 is 9.84 Å². The highest BCUT2D eigenvalue weighted by molar-refractivity contribution is 7.90. The summed E-state index contributed by atoms with van der Waals surface area (Å²) in [6.07, 6.45) is 1.05. The molecule has 1 N–H and O–H groups in total. The van der Waals surface area contributed by atoms with Gasteiger partial charge in [0.15, 0.2) is 9.84 Å². The lowest BCUT2D eigenvalue weighted by atomic mass is 10.0. The van der Waals surface area contributed by atoms with Gasteiger partial charge in [-0.3, -0.25) is 0 Å². The van der Waals surface area contributed by atoms with Crippen LogP contribution in [0.4, 0.5) is 4.39 Å². The Morgan fingerprint density at radius 1 is 1.60 bits per heavy atom. The third kappa shape index (κ3) is 1.91. The topological polar surface area (TPSA) is 46.2 Å². The minimum atomic E-state index is -3.16. The maximum Gasteiger partial charge on any atom is 0.150 e. The van der Waals surface area contributed by atoms with Gasteiger partial charge in [0.1, 0.15) is 5.67 Å². The largest absolute Gasteiger partial charge is 0.310 e. The number of halogens is 1. The van der Waals surface area contributed by atoms with Gasteiger partial charge in [0.05, 0.1) is 5.75 Å². The number of rotatable bonds is 2. The van der Waals surface area contributed by atoms with Crippen molar-refractivity contribution in [1.82, 2.24) is 5.32 Å². The van der Waals surface area contributed by atoms with Crippen molar-refractivity contribution in [3.8, 4) is 0 Å². The fourth-order valence-electron chi connectivity index (χ4n) is 0.968. The van der Waals surface area contributed by atoms with E-state index in [1.54, 1.807) is 0 Å². The van der Waals surface area contributed by atoms with E-state index < -0.39 is 15.5 Å². The molecule has 0 saturated carbocycles. The monoisotopic (exact) mass is 167 g/mol. The van der Waals surface area contributed by atoms with E-state index in [1.165, 1.54) is 0 Å². The third-order valence-corrected chi connectivity index (χ3v) is 2.45. The maximum atomic E-state index is 13.0. The first-order valence-electron chi connectivity index (χ1n) is 2.99. The molecule has 0 aromatic rings. The van der Waals surface area contributed by atoms with Gasteiger partial charge < -0.3 is 5.32 Å². The van der Waals surface area contributed by atoms with Crippen LogP contribution < -0.4 is 5.32 Å². The summed E-state index contributed by atoms with van der Waals surface area (Å²) in [6, 6.07) is 0. The molecule has 1 fully saturated rings. The summed E-state index contributed by atoms with van der Waals surface area (Å²) < 4.78 is 34.1. The fraction of sp³-hybridized carbons (Fsp3) is 1.00. The molecule has 0 aromatic carbocycles. The van der Waals surface area contributed by atoms with E-state index in [2.05, 4.69) is 5.32 Å². The molecule has 1 heterocycles. The van der Waals surface area contributed by atoms with Crippen molar-refractivity contribution in [3.63, 3.8) is 0 Å². The summed E-state index contributed by atoms with van der Waals surface area (Å²) >= 11 is 0. The van der Waals surface area contributed by atoms with E-state index in [1.807, 2.05) is 0 Å². The van der Waals surface area contributed by atoms with Gasteiger partial charge in [-0.1, -0.05) is 0 Å². The maximum absolute atomic E-state index is 13.0. The van der Waals surface area contributed by atoms with E-state index in [-0.39, 0.29) is 18.8 Å². The zero-order chi connectivity index (χ0) is 7.83. The van der Waals surface area contributed by atoms with E-state index in [0.29, 0.717) is 0 Å². The molecule has 0 bridgehead atoms.